The van der Waals surface area contributed by atoms with Gasteiger partial charge in [0.05, 0.1) is 25.2 Å². The van der Waals surface area contributed by atoms with Crippen LogP contribution in [0.3, 0.4) is 0 Å². The van der Waals surface area contributed by atoms with Gasteiger partial charge in [0.25, 0.3) is 11.6 Å². The summed E-state index contributed by atoms with van der Waals surface area (Å²) in [5.74, 6) is 2.68. The van der Waals surface area contributed by atoms with E-state index in [1.54, 1.807) is 0 Å². The van der Waals surface area contributed by atoms with Gasteiger partial charge in [-0.2, -0.15) is 0 Å². The van der Waals surface area contributed by atoms with Gasteiger partial charge < -0.3 is 0 Å². The van der Waals surface area contributed by atoms with E-state index >= 15 is 0 Å². The van der Waals surface area contributed by atoms with Gasteiger partial charge in [-0.1, -0.05) is 24.3 Å². The van der Waals surface area contributed by atoms with E-state index in [1.165, 1.54) is 33.7 Å². The molecule has 0 N–H and O–H groups in total. The molecule has 4 aromatic rings. The molecule has 0 aliphatic heterocycles. The summed E-state index contributed by atoms with van der Waals surface area (Å²) in [6.07, 6.45) is 1.11. The van der Waals surface area contributed by atoms with Gasteiger partial charge in [0, 0.05) is 20.3 Å². The third kappa shape index (κ3) is 3.25. The highest BCUT2D eigenvalue weighted by molar-refractivity contribution is 5.73. The minimum absolute atomic E-state index is 0.460. The zero-order valence-corrected chi connectivity index (χ0v) is 18.7. The molecular weight excluding hydrogens is 356 g/mol. The molecule has 0 unspecified atom stereocenters. The highest BCUT2D eigenvalue weighted by atomic mass is 15.2. The number of fused-ring (bicyclic) bond motifs is 2. The minimum atomic E-state index is 0.460. The number of rotatable bonds is 6. The average molecular weight is 391 g/mol. The largest absolute Gasteiger partial charge is 0.254 e. The molecule has 2 heterocycles. The van der Waals surface area contributed by atoms with Crippen molar-refractivity contribution < 1.29 is 9.13 Å². The Labute approximate surface area is 174 Å². The Bertz CT molecular complexity index is 1070. The lowest BCUT2D eigenvalue weighted by Crippen LogP contribution is -2.42. The number of hydrogen-bond donors (Lipinski definition) is 0. The van der Waals surface area contributed by atoms with Crippen LogP contribution in [0.5, 0.6) is 0 Å². The second kappa shape index (κ2) is 7.66. The second-order valence-corrected chi connectivity index (χ2v) is 8.66. The zero-order valence-electron chi connectivity index (χ0n) is 18.7. The molecule has 4 heteroatoms. The van der Waals surface area contributed by atoms with Gasteiger partial charge in [-0.25, -0.2) is 18.3 Å². The maximum Gasteiger partial charge on any atom is 0.254 e. The monoisotopic (exact) mass is 390 g/mol. The number of para-hydroxylation sites is 4. The fourth-order valence-electron chi connectivity index (χ4n) is 5.00. The molecular formula is C25H34N4+2. The second-order valence-electron chi connectivity index (χ2n) is 8.66. The van der Waals surface area contributed by atoms with E-state index in [-0.39, 0.29) is 0 Å². The molecule has 4 nitrogen and oxygen atoms in total. The molecule has 0 amide bonds. The van der Waals surface area contributed by atoms with Crippen LogP contribution in [0.15, 0.2) is 48.5 Å². The van der Waals surface area contributed by atoms with Gasteiger partial charge in [-0.05, 0) is 52.0 Å². The van der Waals surface area contributed by atoms with Gasteiger partial charge in [0.15, 0.2) is 22.1 Å². The lowest BCUT2D eigenvalue weighted by atomic mass is 10.3. The van der Waals surface area contributed by atoms with Crippen LogP contribution in [0.25, 0.3) is 22.1 Å². The van der Waals surface area contributed by atoms with Crippen LogP contribution in [0.4, 0.5) is 0 Å². The molecule has 0 aliphatic rings. The van der Waals surface area contributed by atoms with Crippen LogP contribution in [-0.4, -0.2) is 9.13 Å². The van der Waals surface area contributed by atoms with E-state index in [2.05, 4.69) is 108 Å². The summed E-state index contributed by atoms with van der Waals surface area (Å²) >= 11 is 0. The van der Waals surface area contributed by atoms with Crippen molar-refractivity contribution in [1.82, 2.24) is 9.13 Å². The van der Waals surface area contributed by atoms with Gasteiger partial charge in [-0.3, -0.25) is 0 Å². The first kappa shape index (κ1) is 19.7. The molecule has 29 heavy (non-hydrogen) atoms. The normalized spacial score (nSPS) is 12.1. The molecule has 2 aromatic heterocycles. The predicted molar refractivity (Wildman–Crippen MR) is 119 cm³/mol. The molecule has 0 saturated carbocycles. The maximum atomic E-state index is 2.49. The van der Waals surface area contributed by atoms with Gasteiger partial charge >= 0.3 is 0 Å². The number of aryl methyl sites for hydroxylation is 2. The first-order valence-electron chi connectivity index (χ1n) is 10.9. The smallest absolute Gasteiger partial charge is 0.227 e. The van der Waals surface area contributed by atoms with Crippen LogP contribution < -0.4 is 9.13 Å². The van der Waals surface area contributed by atoms with E-state index in [1.807, 2.05) is 0 Å². The fraction of sp³-hybridized carbons (Fsp3) is 0.440. The maximum absolute atomic E-state index is 2.49. The molecule has 152 valence electrons. The highest BCUT2D eigenvalue weighted by Gasteiger charge is 2.25. The topological polar surface area (TPSA) is 17.6 Å². The van der Waals surface area contributed by atoms with Crippen LogP contribution in [0.1, 0.15) is 57.8 Å². The Kier molecular flexibility index (Phi) is 5.20. The van der Waals surface area contributed by atoms with Crippen molar-refractivity contribution in [1.29, 1.82) is 0 Å². The summed E-state index contributed by atoms with van der Waals surface area (Å²) in [6.45, 7) is 15.6. The third-order valence-corrected chi connectivity index (χ3v) is 6.14. The van der Waals surface area contributed by atoms with Crippen LogP contribution in [0, 0.1) is 13.8 Å². The lowest BCUT2D eigenvalue weighted by molar-refractivity contribution is -0.709. The summed E-state index contributed by atoms with van der Waals surface area (Å²) in [4.78, 5) is 0. The molecule has 2 aromatic carbocycles. The molecule has 0 aliphatic carbocycles. The number of imidazole rings is 2. The van der Waals surface area contributed by atoms with E-state index in [0.29, 0.717) is 12.1 Å². The standard InChI is InChI=1S/C25H34N4/c1-18(2)28-20(5)26(22-12-7-9-14-24(22)28)16-11-17-27-21(6)29(19(3)4)25-15-10-8-13-23(25)27/h7-10,12-15,18-19H,11,16-17H2,1-6H3/q+2. The minimum Gasteiger partial charge on any atom is -0.227 e. The fourth-order valence-corrected chi connectivity index (χ4v) is 5.00. The zero-order chi connectivity index (χ0) is 20.7. The van der Waals surface area contributed by atoms with Crippen molar-refractivity contribution in [3.63, 3.8) is 0 Å². The molecule has 0 spiro atoms. The number of aromatic nitrogens is 4. The Hall–Kier alpha value is -2.62. The third-order valence-electron chi connectivity index (χ3n) is 6.14. The summed E-state index contributed by atoms with van der Waals surface area (Å²) in [5, 5.41) is 0. The lowest BCUT2D eigenvalue weighted by Gasteiger charge is -2.05. The van der Waals surface area contributed by atoms with Crippen molar-refractivity contribution in [2.75, 3.05) is 0 Å². The van der Waals surface area contributed by atoms with E-state index < -0.39 is 0 Å². The van der Waals surface area contributed by atoms with E-state index in [4.69, 9.17) is 0 Å². The Balaban J connectivity index is 1.66. The SMILES string of the molecule is Cc1n(C(C)C)c2ccccc2[n+]1CCC[n+]1c(C)n(C(C)C)c2ccccc21. The Morgan fingerprint density at radius 3 is 1.41 bits per heavy atom. The molecule has 0 bridgehead atoms. The summed E-state index contributed by atoms with van der Waals surface area (Å²) in [5.41, 5.74) is 5.34. The first-order chi connectivity index (χ1) is 13.9. The van der Waals surface area contributed by atoms with E-state index in [9.17, 15) is 0 Å². The Morgan fingerprint density at radius 2 is 1.03 bits per heavy atom. The molecule has 0 radical (unpaired) electrons. The van der Waals surface area contributed by atoms with Crippen molar-refractivity contribution in [3.8, 4) is 0 Å². The molecule has 0 saturated heterocycles. The van der Waals surface area contributed by atoms with Crippen molar-refractivity contribution in [3.05, 3.63) is 60.2 Å². The number of hydrogen-bond acceptors (Lipinski definition) is 0. The van der Waals surface area contributed by atoms with Crippen LogP contribution in [0.2, 0.25) is 0 Å². The Morgan fingerprint density at radius 1 is 0.655 bits per heavy atom. The average Bonchev–Trinajstić information content (AvgIpc) is 3.13. The predicted octanol–water partition coefficient (Wildman–Crippen LogP) is 5.04. The molecule has 0 fully saturated rings. The highest BCUT2D eigenvalue weighted by Crippen LogP contribution is 2.21. The van der Waals surface area contributed by atoms with Crippen molar-refractivity contribution in [2.24, 2.45) is 0 Å². The van der Waals surface area contributed by atoms with Gasteiger partial charge in [0.1, 0.15) is 0 Å². The first-order valence-corrected chi connectivity index (χ1v) is 10.9. The molecule has 4 rings (SSSR count). The van der Waals surface area contributed by atoms with Gasteiger partial charge in [0.2, 0.25) is 0 Å². The summed E-state index contributed by atoms with van der Waals surface area (Å²) < 4.78 is 9.90. The number of benzene rings is 2. The van der Waals surface area contributed by atoms with Crippen molar-refractivity contribution in [2.45, 2.75) is 73.1 Å². The van der Waals surface area contributed by atoms with Gasteiger partial charge in [-0.15, -0.1) is 0 Å². The summed E-state index contributed by atoms with van der Waals surface area (Å²) in [6, 6.07) is 18.5. The quantitative estimate of drug-likeness (QED) is 0.411. The summed E-state index contributed by atoms with van der Waals surface area (Å²) in [7, 11) is 0. The van der Waals surface area contributed by atoms with E-state index in [0.717, 1.165) is 19.5 Å². The van der Waals surface area contributed by atoms with Crippen LogP contribution >= 0.6 is 0 Å². The van der Waals surface area contributed by atoms with Crippen LogP contribution in [-0.2, 0) is 13.1 Å². The number of nitrogens with zero attached hydrogens (tertiary/aromatic N) is 4. The van der Waals surface area contributed by atoms with Crippen molar-refractivity contribution >= 4 is 22.1 Å². The molecule has 0 atom stereocenters.